The molecule has 1 aliphatic carbocycles. The monoisotopic (exact) mass is 248 g/mol. The highest BCUT2D eigenvalue weighted by molar-refractivity contribution is 7.89. The van der Waals surface area contributed by atoms with E-state index in [4.69, 9.17) is 0 Å². The lowest BCUT2D eigenvalue weighted by atomic mass is 9.93. The second-order valence-corrected chi connectivity index (χ2v) is 7.04. The van der Waals surface area contributed by atoms with Crippen LogP contribution in [0, 0.1) is 11.3 Å². The first-order valence-corrected chi connectivity index (χ1v) is 7.69. The Bertz CT molecular complexity index is 308. The van der Waals surface area contributed by atoms with E-state index in [2.05, 4.69) is 23.9 Å². The van der Waals surface area contributed by atoms with E-state index in [0.29, 0.717) is 18.9 Å². The molecule has 0 saturated heterocycles. The molecule has 0 unspecified atom stereocenters. The molecule has 0 aromatic carbocycles. The van der Waals surface area contributed by atoms with Crippen LogP contribution in [0.25, 0.3) is 0 Å². The second kappa shape index (κ2) is 5.47. The molecule has 16 heavy (non-hydrogen) atoms. The largest absolute Gasteiger partial charge is 0.320 e. The summed E-state index contributed by atoms with van der Waals surface area (Å²) in [6.45, 7) is 5.70. The van der Waals surface area contributed by atoms with Gasteiger partial charge in [0.15, 0.2) is 0 Å². The van der Waals surface area contributed by atoms with Crippen molar-refractivity contribution in [3.8, 4) is 0 Å². The third-order valence-corrected chi connectivity index (χ3v) is 5.01. The number of sulfonamides is 1. The molecule has 0 atom stereocenters. The molecular weight excluding hydrogens is 224 g/mol. The van der Waals surface area contributed by atoms with Gasteiger partial charge in [0, 0.05) is 6.54 Å². The first-order valence-electron chi connectivity index (χ1n) is 6.04. The lowest BCUT2D eigenvalue weighted by Gasteiger charge is -2.19. The summed E-state index contributed by atoms with van der Waals surface area (Å²) in [4.78, 5) is 0. The molecule has 1 aliphatic rings. The van der Waals surface area contributed by atoms with Gasteiger partial charge in [-0.3, -0.25) is 0 Å². The highest BCUT2D eigenvalue weighted by Crippen LogP contribution is 2.51. The summed E-state index contributed by atoms with van der Waals surface area (Å²) in [6.07, 6.45) is 2.98. The Labute approximate surface area is 99.2 Å². The van der Waals surface area contributed by atoms with Gasteiger partial charge in [-0.2, -0.15) is 0 Å². The van der Waals surface area contributed by atoms with Gasteiger partial charge in [-0.15, -0.1) is 0 Å². The summed E-state index contributed by atoms with van der Waals surface area (Å²) < 4.78 is 26.1. The Hall–Kier alpha value is -0.130. The molecule has 1 fully saturated rings. The van der Waals surface area contributed by atoms with E-state index >= 15 is 0 Å². The average molecular weight is 248 g/mol. The molecule has 0 aromatic heterocycles. The van der Waals surface area contributed by atoms with Gasteiger partial charge in [-0.25, -0.2) is 13.1 Å². The molecular formula is C11H24N2O2S. The van der Waals surface area contributed by atoms with Crippen LogP contribution in [0.1, 0.15) is 33.1 Å². The summed E-state index contributed by atoms with van der Waals surface area (Å²) in [6, 6.07) is 0. The van der Waals surface area contributed by atoms with Crippen LogP contribution in [-0.2, 0) is 10.0 Å². The van der Waals surface area contributed by atoms with E-state index in [1.54, 1.807) is 0 Å². The first kappa shape index (κ1) is 13.9. The van der Waals surface area contributed by atoms with Crippen LogP contribution in [0.5, 0.6) is 0 Å². The van der Waals surface area contributed by atoms with E-state index in [0.717, 1.165) is 19.4 Å². The highest BCUT2D eigenvalue weighted by atomic mass is 32.2. The van der Waals surface area contributed by atoms with E-state index in [-0.39, 0.29) is 11.2 Å². The second-order valence-electron chi connectivity index (χ2n) is 5.11. The van der Waals surface area contributed by atoms with Crippen molar-refractivity contribution in [2.24, 2.45) is 11.3 Å². The van der Waals surface area contributed by atoms with Gasteiger partial charge in [-0.05, 0) is 44.2 Å². The Morgan fingerprint density at radius 3 is 2.38 bits per heavy atom. The molecule has 0 bridgehead atoms. The minimum absolute atomic E-state index is 0.224. The molecule has 0 amide bonds. The molecule has 0 spiro atoms. The zero-order valence-electron chi connectivity index (χ0n) is 10.5. The van der Waals surface area contributed by atoms with Crippen molar-refractivity contribution in [1.82, 2.24) is 10.0 Å². The Morgan fingerprint density at radius 2 is 1.94 bits per heavy atom. The highest BCUT2D eigenvalue weighted by Gasteiger charge is 2.45. The van der Waals surface area contributed by atoms with Crippen molar-refractivity contribution in [3.05, 3.63) is 0 Å². The molecule has 2 N–H and O–H groups in total. The van der Waals surface area contributed by atoms with E-state index in [1.807, 2.05) is 7.05 Å². The standard InChI is InChI=1S/C11H24N2O2S/c1-10(2)11(5-6-11)9-13-16(14,15)8-4-7-12-3/h10,12-13H,4-9H2,1-3H3. The smallest absolute Gasteiger partial charge is 0.211 e. The Kier molecular flexibility index (Phi) is 4.76. The molecule has 0 aromatic rings. The number of rotatable bonds is 8. The van der Waals surface area contributed by atoms with Crippen LogP contribution >= 0.6 is 0 Å². The van der Waals surface area contributed by atoms with Crippen molar-refractivity contribution in [1.29, 1.82) is 0 Å². The van der Waals surface area contributed by atoms with Gasteiger partial charge in [0.1, 0.15) is 0 Å². The van der Waals surface area contributed by atoms with Crippen LogP contribution in [0.4, 0.5) is 0 Å². The minimum Gasteiger partial charge on any atom is -0.320 e. The lowest BCUT2D eigenvalue weighted by Crippen LogP contribution is -2.34. The summed E-state index contributed by atoms with van der Waals surface area (Å²) in [5.74, 6) is 0.787. The third kappa shape index (κ3) is 4.03. The zero-order valence-corrected chi connectivity index (χ0v) is 11.4. The summed E-state index contributed by atoms with van der Waals surface area (Å²) in [5.41, 5.74) is 0.246. The van der Waals surface area contributed by atoms with Crippen LogP contribution in [0.2, 0.25) is 0 Å². The molecule has 0 radical (unpaired) electrons. The number of hydrogen-bond donors (Lipinski definition) is 2. The molecule has 96 valence electrons. The van der Waals surface area contributed by atoms with Gasteiger partial charge in [0.05, 0.1) is 5.75 Å². The van der Waals surface area contributed by atoms with Gasteiger partial charge in [0.2, 0.25) is 10.0 Å². The van der Waals surface area contributed by atoms with E-state index in [1.165, 1.54) is 0 Å². The fraction of sp³-hybridized carbons (Fsp3) is 1.00. The predicted molar refractivity (Wildman–Crippen MR) is 66.8 cm³/mol. The van der Waals surface area contributed by atoms with Gasteiger partial charge < -0.3 is 5.32 Å². The fourth-order valence-corrected chi connectivity index (χ4v) is 3.06. The lowest BCUT2D eigenvalue weighted by molar-refractivity contribution is 0.357. The maximum Gasteiger partial charge on any atom is 0.211 e. The Balaban J connectivity index is 2.31. The molecule has 0 heterocycles. The van der Waals surface area contributed by atoms with Crippen molar-refractivity contribution >= 4 is 10.0 Å². The van der Waals surface area contributed by atoms with Crippen molar-refractivity contribution < 1.29 is 8.42 Å². The van der Waals surface area contributed by atoms with Crippen molar-refractivity contribution in [3.63, 3.8) is 0 Å². The summed E-state index contributed by atoms with van der Waals surface area (Å²) in [5, 5.41) is 2.95. The molecule has 5 heteroatoms. The third-order valence-electron chi connectivity index (χ3n) is 3.60. The molecule has 0 aliphatic heterocycles. The maximum atomic E-state index is 11.7. The number of nitrogens with one attached hydrogen (secondary N) is 2. The fourth-order valence-electron chi connectivity index (χ4n) is 1.88. The SMILES string of the molecule is CNCCCS(=O)(=O)NCC1(C(C)C)CC1. The van der Waals surface area contributed by atoms with Gasteiger partial charge >= 0.3 is 0 Å². The van der Waals surface area contributed by atoms with Crippen LogP contribution in [0.3, 0.4) is 0 Å². The average Bonchev–Trinajstić information content (AvgIpc) is 2.96. The molecule has 1 rings (SSSR count). The first-order chi connectivity index (χ1) is 7.42. The summed E-state index contributed by atoms with van der Waals surface area (Å²) >= 11 is 0. The topological polar surface area (TPSA) is 58.2 Å². The van der Waals surface area contributed by atoms with Gasteiger partial charge in [0.25, 0.3) is 0 Å². The number of hydrogen-bond acceptors (Lipinski definition) is 3. The molecule has 1 saturated carbocycles. The van der Waals surface area contributed by atoms with Gasteiger partial charge in [-0.1, -0.05) is 13.8 Å². The van der Waals surface area contributed by atoms with E-state index < -0.39 is 10.0 Å². The quantitative estimate of drug-likeness (QED) is 0.629. The normalized spacial score (nSPS) is 19.0. The van der Waals surface area contributed by atoms with Crippen molar-refractivity contribution in [2.45, 2.75) is 33.1 Å². The van der Waals surface area contributed by atoms with Crippen molar-refractivity contribution in [2.75, 3.05) is 25.9 Å². The summed E-state index contributed by atoms with van der Waals surface area (Å²) in [7, 11) is -1.24. The maximum absolute atomic E-state index is 11.7. The van der Waals surface area contributed by atoms with E-state index in [9.17, 15) is 8.42 Å². The minimum atomic E-state index is -3.07. The Morgan fingerprint density at radius 1 is 1.31 bits per heavy atom. The van der Waals surface area contributed by atoms with Crippen LogP contribution in [-0.4, -0.2) is 34.3 Å². The van der Waals surface area contributed by atoms with Crippen LogP contribution < -0.4 is 10.0 Å². The predicted octanol–water partition coefficient (Wildman–Crippen LogP) is 0.952. The molecule has 4 nitrogen and oxygen atoms in total. The van der Waals surface area contributed by atoms with Crippen LogP contribution in [0.15, 0.2) is 0 Å². The zero-order chi connectivity index (χ0) is 12.2.